The lowest BCUT2D eigenvalue weighted by Gasteiger charge is -2.32. The summed E-state index contributed by atoms with van der Waals surface area (Å²) in [5.41, 5.74) is 0. The predicted molar refractivity (Wildman–Crippen MR) is 70.9 cm³/mol. The summed E-state index contributed by atoms with van der Waals surface area (Å²) in [6.07, 6.45) is 3.93. The van der Waals surface area contributed by atoms with Crippen molar-refractivity contribution in [1.82, 2.24) is 10.2 Å². The zero-order valence-corrected chi connectivity index (χ0v) is 10.9. The maximum atomic E-state index is 3.64. The zero-order chi connectivity index (χ0) is 11.2. The topological polar surface area (TPSA) is 15.3 Å². The van der Waals surface area contributed by atoms with E-state index in [4.69, 9.17) is 0 Å². The standard InChI is InChI=1S/C13H22N2S/c1-2-7-14-12-5-3-8-15(10-12)11-13-6-4-9-16-13/h4,6,9,12,14H,2-3,5,7-8,10-11H2,1H3. The molecule has 1 fully saturated rings. The van der Waals surface area contributed by atoms with Crippen molar-refractivity contribution in [2.45, 2.75) is 38.8 Å². The van der Waals surface area contributed by atoms with Crippen LogP contribution in [0.5, 0.6) is 0 Å². The maximum Gasteiger partial charge on any atom is 0.0328 e. The van der Waals surface area contributed by atoms with Gasteiger partial charge in [0.15, 0.2) is 0 Å². The summed E-state index contributed by atoms with van der Waals surface area (Å²) in [4.78, 5) is 4.08. The minimum absolute atomic E-state index is 0.716. The smallest absolute Gasteiger partial charge is 0.0328 e. The number of piperidine rings is 1. The van der Waals surface area contributed by atoms with E-state index < -0.39 is 0 Å². The number of rotatable bonds is 5. The summed E-state index contributed by atoms with van der Waals surface area (Å²) in [6.45, 7) is 7.03. The van der Waals surface area contributed by atoms with E-state index in [0.717, 1.165) is 13.1 Å². The highest BCUT2D eigenvalue weighted by atomic mass is 32.1. The molecule has 1 saturated heterocycles. The Morgan fingerprint density at radius 2 is 2.50 bits per heavy atom. The molecule has 1 aromatic heterocycles. The molecule has 0 bridgehead atoms. The van der Waals surface area contributed by atoms with E-state index in [1.807, 2.05) is 11.3 Å². The fourth-order valence-electron chi connectivity index (χ4n) is 2.34. The lowest BCUT2D eigenvalue weighted by Crippen LogP contribution is -2.45. The van der Waals surface area contributed by atoms with Crippen LogP contribution in [-0.4, -0.2) is 30.6 Å². The van der Waals surface area contributed by atoms with Crippen molar-refractivity contribution >= 4 is 11.3 Å². The molecule has 0 aromatic carbocycles. The Bertz CT molecular complexity index is 284. The van der Waals surface area contributed by atoms with Gasteiger partial charge in [-0.05, 0) is 43.8 Å². The highest BCUT2D eigenvalue weighted by Gasteiger charge is 2.19. The number of nitrogens with one attached hydrogen (secondary N) is 1. The molecule has 2 nitrogen and oxygen atoms in total. The van der Waals surface area contributed by atoms with Crippen molar-refractivity contribution in [2.24, 2.45) is 0 Å². The van der Waals surface area contributed by atoms with Crippen LogP contribution in [0.1, 0.15) is 31.1 Å². The van der Waals surface area contributed by atoms with Crippen molar-refractivity contribution < 1.29 is 0 Å². The SMILES string of the molecule is CCCNC1CCCN(Cc2cccs2)C1. The van der Waals surface area contributed by atoms with Crippen molar-refractivity contribution in [1.29, 1.82) is 0 Å². The van der Waals surface area contributed by atoms with Crippen molar-refractivity contribution in [3.05, 3.63) is 22.4 Å². The van der Waals surface area contributed by atoms with E-state index in [-0.39, 0.29) is 0 Å². The molecule has 1 aromatic rings. The summed E-state index contributed by atoms with van der Waals surface area (Å²) in [5, 5.41) is 5.82. The second kappa shape index (κ2) is 6.38. The lowest BCUT2D eigenvalue weighted by atomic mass is 10.1. The minimum Gasteiger partial charge on any atom is -0.313 e. The van der Waals surface area contributed by atoms with Crippen LogP contribution in [0.4, 0.5) is 0 Å². The van der Waals surface area contributed by atoms with Crippen LogP contribution in [0.15, 0.2) is 17.5 Å². The number of thiophene rings is 1. The molecule has 0 aliphatic carbocycles. The quantitative estimate of drug-likeness (QED) is 0.848. The van der Waals surface area contributed by atoms with Gasteiger partial charge in [0, 0.05) is 24.0 Å². The van der Waals surface area contributed by atoms with Gasteiger partial charge in [-0.15, -0.1) is 11.3 Å². The average molecular weight is 238 g/mol. The van der Waals surface area contributed by atoms with Crippen molar-refractivity contribution in [3.8, 4) is 0 Å². The Morgan fingerprint density at radius 3 is 3.25 bits per heavy atom. The normalized spacial score (nSPS) is 22.4. The maximum absolute atomic E-state index is 3.64. The molecule has 2 rings (SSSR count). The molecule has 3 heteroatoms. The van der Waals surface area contributed by atoms with Crippen LogP contribution in [0.2, 0.25) is 0 Å². The van der Waals surface area contributed by atoms with Gasteiger partial charge in [0.2, 0.25) is 0 Å². The number of likely N-dealkylation sites (tertiary alicyclic amines) is 1. The molecule has 1 unspecified atom stereocenters. The summed E-state index contributed by atoms with van der Waals surface area (Å²) < 4.78 is 0. The Labute approximate surface area is 103 Å². The highest BCUT2D eigenvalue weighted by molar-refractivity contribution is 7.09. The van der Waals surface area contributed by atoms with Crippen LogP contribution in [0.25, 0.3) is 0 Å². The van der Waals surface area contributed by atoms with Gasteiger partial charge < -0.3 is 5.32 Å². The molecule has 1 aliphatic rings. The Morgan fingerprint density at radius 1 is 1.56 bits per heavy atom. The highest BCUT2D eigenvalue weighted by Crippen LogP contribution is 2.16. The van der Waals surface area contributed by atoms with E-state index in [2.05, 4.69) is 34.7 Å². The minimum atomic E-state index is 0.716. The molecule has 90 valence electrons. The molecule has 0 amide bonds. The molecule has 1 atom stereocenters. The van der Waals surface area contributed by atoms with Crippen LogP contribution in [0.3, 0.4) is 0 Å². The van der Waals surface area contributed by atoms with Crippen LogP contribution in [0, 0.1) is 0 Å². The molecule has 16 heavy (non-hydrogen) atoms. The van der Waals surface area contributed by atoms with Gasteiger partial charge in [0.05, 0.1) is 0 Å². The largest absolute Gasteiger partial charge is 0.313 e. The van der Waals surface area contributed by atoms with Gasteiger partial charge >= 0.3 is 0 Å². The summed E-state index contributed by atoms with van der Waals surface area (Å²) in [5.74, 6) is 0. The third-order valence-corrected chi connectivity index (χ3v) is 4.01. The summed E-state index contributed by atoms with van der Waals surface area (Å²) in [6, 6.07) is 5.11. The lowest BCUT2D eigenvalue weighted by molar-refractivity contribution is 0.185. The van der Waals surface area contributed by atoms with Crippen molar-refractivity contribution in [2.75, 3.05) is 19.6 Å². The molecule has 1 aliphatic heterocycles. The second-order valence-corrected chi connectivity index (χ2v) is 5.64. The summed E-state index contributed by atoms with van der Waals surface area (Å²) >= 11 is 1.87. The molecular weight excluding hydrogens is 216 g/mol. The first kappa shape index (κ1) is 12.1. The van der Waals surface area contributed by atoms with E-state index in [1.54, 1.807) is 0 Å². The first-order chi connectivity index (χ1) is 7.88. The van der Waals surface area contributed by atoms with Gasteiger partial charge in [-0.1, -0.05) is 13.0 Å². The molecule has 0 spiro atoms. The fourth-order valence-corrected chi connectivity index (χ4v) is 3.08. The number of nitrogens with zero attached hydrogens (tertiary/aromatic N) is 1. The van der Waals surface area contributed by atoms with Crippen LogP contribution in [-0.2, 0) is 6.54 Å². The van der Waals surface area contributed by atoms with Crippen LogP contribution < -0.4 is 5.32 Å². The third-order valence-electron chi connectivity index (χ3n) is 3.15. The van der Waals surface area contributed by atoms with Gasteiger partial charge in [-0.3, -0.25) is 4.90 Å². The van der Waals surface area contributed by atoms with Gasteiger partial charge in [-0.25, -0.2) is 0 Å². The molecule has 2 heterocycles. The first-order valence-electron chi connectivity index (χ1n) is 6.36. The number of hydrogen-bond acceptors (Lipinski definition) is 3. The van der Waals surface area contributed by atoms with E-state index >= 15 is 0 Å². The molecular formula is C13H22N2S. The van der Waals surface area contributed by atoms with E-state index in [1.165, 1.54) is 37.2 Å². The molecule has 0 saturated carbocycles. The Balaban J connectivity index is 1.77. The van der Waals surface area contributed by atoms with Gasteiger partial charge in [0.1, 0.15) is 0 Å². The van der Waals surface area contributed by atoms with E-state index in [9.17, 15) is 0 Å². The average Bonchev–Trinajstić information content (AvgIpc) is 2.80. The molecule has 1 N–H and O–H groups in total. The van der Waals surface area contributed by atoms with Gasteiger partial charge in [0.25, 0.3) is 0 Å². The Kier molecular flexibility index (Phi) is 4.82. The Hall–Kier alpha value is -0.380. The van der Waals surface area contributed by atoms with Crippen molar-refractivity contribution in [3.63, 3.8) is 0 Å². The van der Waals surface area contributed by atoms with Crippen LogP contribution >= 0.6 is 11.3 Å². The number of hydrogen-bond donors (Lipinski definition) is 1. The zero-order valence-electron chi connectivity index (χ0n) is 10.1. The molecule has 0 radical (unpaired) electrons. The summed E-state index contributed by atoms with van der Waals surface area (Å²) in [7, 11) is 0. The second-order valence-electron chi connectivity index (χ2n) is 4.61. The predicted octanol–water partition coefficient (Wildman–Crippen LogP) is 2.71. The van der Waals surface area contributed by atoms with E-state index in [0.29, 0.717) is 6.04 Å². The van der Waals surface area contributed by atoms with Gasteiger partial charge in [-0.2, -0.15) is 0 Å². The third kappa shape index (κ3) is 3.58. The first-order valence-corrected chi connectivity index (χ1v) is 7.24. The fraction of sp³-hybridized carbons (Fsp3) is 0.692. The monoisotopic (exact) mass is 238 g/mol.